The molecule has 0 aliphatic rings. The summed E-state index contributed by atoms with van der Waals surface area (Å²) >= 11 is 1.12. The van der Waals surface area contributed by atoms with E-state index in [0.29, 0.717) is 0 Å². The first-order valence-corrected chi connectivity index (χ1v) is 5.81. The van der Waals surface area contributed by atoms with Crippen molar-refractivity contribution in [3.05, 3.63) is 17.5 Å². The van der Waals surface area contributed by atoms with Gasteiger partial charge in [-0.3, -0.25) is 0 Å². The number of aryl methyl sites for hydroxylation is 2. The zero-order valence-corrected chi connectivity index (χ0v) is 11.0. The summed E-state index contributed by atoms with van der Waals surface area (Å²) in [7, 11) is 0. The molecule has 0 aromatic carbocycles. The Hall–Kier alpha value is -1.10. The van der Waals surface area contributed by atoms with Crippen LogP contribution in [0.5, 0.6) is 6.01 Å². The van der Waals surface area contributed by atoms with Crippen LogP contribution in [0.25, 0.3) is 0 Å². The molecule has 0 atom stereocenters. The van der Waals surface area contributed by atoms with Crippen LogP contribution in [0.2, 0.25) is 0 Å². The molecule has 1 aromatic rings. The first-order valence-electron chi connectivity index (χ1n) is 4.99. The maximum absolute atomic E-state index is 11.5. The molecule has 1 rings (SSSR count). The van der Waals surface area contributed by atoms with Gasteiger partial charge in [0.15, 0.2) is 0 Å². The van der Waals surface area contributed by atoms with Gasteiger partial charge < -0.3 is 4.74 Å². The Labute approximate surface area is 99.8 Å². The molecule has 0 aliphatic heterocycles. The lowest BCUT2D eigenvalue weighted by atomic mass is 10.3. The van der Waals surface area contributed by atoms with Gasteiger partial charge in [0.25, 0.3) is 0 Å². The highest BCUT2D eigenvalue weighted by Crippen LogP contribution is 2.25. The van der Waals surface area contributed by atoms with Gasteiger partial charge in [-0.15, -0.1) is 0 Å². The van der Waals surface area contributed by atoms with E-state index in [1.807, 2.05) is 40.7 Å². The van der Waals surface area contributed by atoms with E-state index in [9.17, 15) is 4.79 Å². The first-order chi connectivity index (χ1) is 7.26. The number of hydrogen-bond donors (Lipinski definition) is 0. The predicted molar refractivity (Wildman–Crippen MR) is 64.9 cm³/mol. The Bertz CT molecular complexity index is 379. The van der Waals surface area contributed by atoms with Crippen LogP contribution in [0.4, 0.5) is 4.79 Å². The fourth-order valence-corrected chi connectivity index (χ4v) is 1.70. The summed E-state index contributed by atoms with van der Waals surface area (Å²) < 4.78 is 4.88. The van der Waals surface area contributed by atoms with E-state index in [1.54, 1.807) is 0 Å². The van der Waals surface area contributed by atoms with Crippen molar-refractivity contribution in [3.8, 4) is 6.01 Å². The van der Waals surface area contributed by atoms with Gasteiger partial charge in [-0.2, -0.15) is 0 Å². The number of hydrogen-bond acceptors (Lipinski definition) is 5. The fraction of sp³-hybridized carbons (Fsp3) is 0.545. The molecule has 1 aromatic heterocycles. The Kier molecular flexibility index (Phi) is 3.91. The summed E-state index contributed by atoms with van der Waals surface area (Å²) in [6.07, 6.45) is 0. The van der Waals surface area contributed by atoms with Gasteiger partial charge in [-0.25, -0.2) is 14.8 Å². The smallest absolute Gasteiger partial charge is 0.375 e. The van der Waals surface area contributed by atoms with E-state index in [-0.39, 0.29) is 16.1 Å². The highest BCUT2D eigenvalue weighted by atomic mass is 32.2. The van der Waals surface area contributed by atoms with Crippen LogP contribution >= 0.6 is 11.8 Å². The lowest BCUT2D eigenvalue weighted by Gasteiger charge is -2.14. The van der Waals surface area contributed by atoms with E-state index in [4.69, 9.17) is 4.74 Å². The molecule has 16 heavy (non-hydrogen) atoms. The summed E-state index contributed by atoms with van der Waals surface area (Å²) in [6, 6.07) is 1.95. The monoisotopic (exact) mass is 240 g/mol. The molecule has 1 heterocycles. The number of nitrogens with zero attached hydrogens (tertiary/aromatic N) is 2. The van der Waals surface area contributed by atoms with E-state index in [0.717, 1.165) is 23.1 Å². The average molecular weight is 240 g/mol. The van der Waals surface area contributed by atoms with Crippen molar-refractivity contribution in [3.63, 3.8) is 0 Å². The average Bonchev–Trinajstić information content (AvgIpc) is 1.96. The van der Waals surface area contributed by atoms with E-state index < -0.39 is 0 Å². The molecule has 0 bridgehead atoms. The fourth-order valence-electron chi connectivity index (χ4n) is 1.08. The van der Waals surface area contributed by atoms with Crippen molar-refractivity contribution in [2.24, 2.45) is 0 Å². The maximum Gasteiger partial charge on any atom is 0.375 e. The molecular weight excluding hydrogens is 224 g/mol. The molecule has 0 radical (unpaired) electrons. The lowest BCUT2D eigenvalue weighted by Crippen LogP contribution is -2.15. The number of ether oxygens (including phenoxy) is 1. The first kappa shape index (κ1) is 13.0. The molecule has 0 fully saturated rings. The second-order valence-corrected chi connectivity index (χ2v) is 6.26. The number of carbonyl (C=O) groups is 1. The second-order valence-electron chi connectivity index (χ2n) is 4.50. The number of aromatic nitrogens is 2. The quantitative estimate of drug-likeness (QED) is 0.706. The molecular formula is C11H16N2O2S. The van der Waals surface area contributed by atoms with Crippen molar-refractivity contribution >= 4 is 17.1 Å². The Morgan fingerprint density at radius 3 is 2.19 bits per heavy atom. The van der Waals surface area contributed by atoms with Crippen LogP contribution in [-0.2, 0) is 0 Å². The minimum Gasteiger partial charge on any atom is -0.382 e. The molecule has 88 valence electrons. The summed E-state index contributed by atoms with van der Waals surface area (Å²) in [4.78, 5) is 19.6. The topological polar surface area (TPSA) is 52.1 Å². The SMILES string of the molecule is Cc1cc(C)nc(OC(=O)SC(C)(C)C)n1. The standard InChI is InChI=1S/C11H16N2O2S/c1-7-6-8(2)13-9(12-7)15-10(14)16-11(3,4)5/h6H,1-5H3. The molecule has 0 N–H and O–H groups in total. The van der Waals surface area contributed by atoms with Gasteiger partial charge in [0, 0.05) is 16.1 Å². The van der Waals surface area contributed by atoms with Gasteiger partial charge >= 0.3 is 11.3 Å². The summed E-state index contributed by atoms with van der Waals surface area (Å²) in [6.45, 7) is 9.51. The third kappa shape index (κ3) is 4.61. The van der Waals surface area contributed by atoms with Crippen LogP contribution in [0, 0.1) is 13.8 Å². The van der Waals surface area contributed by atoms with Crippen molar-refractivity contribution in [1.82, 2.24) is 9.97 Å². The molecule has 0 aliphatic carbocycles. The molecule has 4 nitrogen and oxygen atoms in total. The highest BCUT2D eigenvalue weighted by molar-refractivity contribution is 8.14. The number of carbonyl (C=O) groups excluding carboxylic acids is 1. The van der Waals surface area contributed by atoms with Crippen molar-refractivity contribution in [1.29, 1.82) is 0 Å². The van der Waals surface area contributed by atoms with Crippen molar-refractivity contribution in [2.45, 2.75) is 39.4 Å². The molecule has 0 saturated heterocycles. The van der Waals surface area contributed by atoms with Crippen LogP contribution in [0.1, 0.15) is 32.2 Å². The van der Waals surface area contributed by atoms with Gasteiger partial charge in [-0.05, 0) is 31.7 Å². The second kappa shape index (κ2) is 4.82. The van der Waals surface area contributed by atoms with Crippen molar-refractivity contribution in [2.75, 3.05) is 0 Å². The molecule has 0 spiro atoms. The minimum atomic E-state index is -0.377. The Morgan fingerprint density at radius 2 is 1.75 bits per heavy atom. The van der Waals surface area contributed by atoms with Crippen LogP contribution in [-0.4, -0.2) is 20.0 Å². The minimum absolute atomic E-state index is 0.124. The van der Waals surface area contributed by atoms with Gasteiger partial charge in [0.05, 0.1) is 0 Å². The zero-order chi connectivity index (χ0) is 12.3. The Morgan fingerprint density at radius 1 is 1.25 bits per heavy atom. The van der Waals surface area contributed by atoms with Gasteiger partial charge in [0.2, 0.25) is 0 Å². The molecule has 0 unspecified atom stereocenters. The van der Waals surface area contributed by atoms with Gasteiger partial charge in [0.1, 0.15) is 0 Å². The lowest BCUT2D eigenvalue weighted by molar-refractivity contribution is 0.223. The largest absolute Gasteiger partial charge is 0.382 e. The van der Waals surface area contributed by atoms with E-state index >= 15 is 0 Å². The third-order valence-electron chi connectivity index (χ3n) is 1.53. The predicted octanol–water partition coefficient (Wildman–Crippen LogP) is 3.12. The molecule has 5 heteroatoms. The molecule has 0 saturated carbocycles. The van der Waals surface area contributed by atoms with Crippen LogP contribution in [0.15, 0.2) is 6.07 Å². The Balaban J connectivity index is 2.70. The van der Waals surface area contributed by atoms with E-state index in [2.05, 4.69) is 9.97 Å². The highest BCUT2D eigenvalue weighted by Gasteiger charge is 2.19. The third-order valence-corrected chi connectivity index (χ3v) is 2.39. The zero-order valence-electron chi connectivity index (χ0n) is 10.2. The maximum atomic E-state index is 11.5. The van der Waals surface area contributed by atoms with Crippen LogP contribution < -0.4 is 4.74 Å². The van der Waals surface area contributed by atoms with Gasteiger partial charge in [-0.1, -0.05) is 20.8 Å². The number of rotatable bonds is 1. The molecule has 0 amide bonds. The summed E-state index contributed by atoms with van der Waals surface area (Å²) in [5.41, 5.74) is 1.58. The number of thioether (sulfide) groups is 1. The summed E-state index contributed by atoms with van der Waals surface area (Å²) in [5.74, 6) is 0. The van der Waals surface area contributed by atoms with Crippen molar-refractivity contribution < 1.29 is 9.53 Å². The summed E-state index contributed by atoms with van der Waals surface area (Å²) in [5, 5.41) is -0.377. The normalized spacial score (nSPS) is 11.3. The van der Waals surface area contributed by atoms with Crippen LogP contribution in [0.3, 0.4) is 0 Å². The van der Waals surface area contributed by atoms with E-state index in [1.165, 1.54) is 0 Å².